The molecule has 0 heterocycles. The number of nitrogens with two attached hydrogens (primary N) is 1. The van der Waals surface area contributed by atoms with Crippen LogP contribution in [0.25, 0.3) is 0 Å². The van der Waals surface area contributed by atoms with Gasteiger partial charge >= 0.3 is 0 Å². The van der Waals surface area contributed by atoms with E-state index in [1.807, 2.05) is 12.1 Å². The Morgan fingerprint density at radius 3 is 2.40 bits per heavy atom. The Hall–Kier alpha value is -1.80. The third kappa shape index (κ3) is 3.02. The third-order valence-electron chi connectivity index (χ3n) is 3.94. The highest BCUT2D eigenvalue weighted by molar-refractivity contribution is 5.40. The van der Waals surface area contributed by atoms with Crippen molar-refractivity contribution in [1.29, 1.82) is 0 Å². The highest BCUT2D eigenvalue weighted by Gasteiger charge is 2.26. The van der Waals surface area contributed by atoms with Crippen molar-refractivity contribution in [2.24, 2.45) is 5.73 Å². The maximum Gasteiger partial charge on any atom is 0.122 e. The van der Waals surface area contributed by atoms with E-state index < -0.39 is 0 Å². The van der Waals surface area contributed by atoms with Gasteiger partial charge in [-0.05, 0) is 30.5 Å². The van der Waals surface area contributed by atoms with Gasteiger partial charge in [-0.3, -0.25) is 0 Å². The van der Waals surface area contributed by atoms with E-state index >= 15 is 0 Å². The minimum absolute atomic E-state index is 0.0810. The lowest BCUT2D eigenvalue weighted by atomic mass is 9.77. The zero-order valence-electron chi connectivity index (χ0n) is 12.5. The summed E-state index contributed by atoms with van der Waals surface area (Å²) in [6.45, 7) is 4.92. The van der Waals surface area contributed by atoms with Gasteiger partial charge in [-0.15, -0.1) is 0 Å². The first-order valence-electron chi connectivity index (χ1n) is 6.98. The van der Waals surface area contributed by atoms with E-state index in [-0.39, 0.29) is 5.41 Å². The van der Waals surface area contributed by atoms with E-state index in [0.29, 0.717) is 6.54 Å². The smallest absolute Gasteiger partial charge is 0.122 e. The van der Waals surface area contributed by atoms with Gasteiger partial charge in [-0.2, -0.15) is 0 Å². The lowest BCUT2D eigenvalue weighted by Crippen LogP contribution is -2.34. The summed E-state index contributed by atoms with van der Waals surface area (Å²) in [5.74, 6) is 0.936. The fourth-order valence-corrected chi connectivity index (χ4v) is 2.60. The van der Waals surface area contributed by atoms with Crippen molar-refractivity contribution in [3.63, 3.8) is 0 Å². The van der Waals surface area contributed by atoms with Crippen LogP contribution in [0.4, 0.5) is 0 Å². The number of rotatable bonds is 5. The largest absolute Gasteiger partial charge is 0.496 e. The van der Waals surface area contributed by atoms with E-state index in [0.717, 1.165) is 12.2 Å². The molecule has 0 aromatic heterocycles. The number of hydrogen-bond donors (Lipinski definition) is 1. The Balaban J connectivity index is 2.38. The number of methoxy groups -OCH3 is 1. The van der Waals surface area contributed by atoms with E-state index in [2.05, 4.69) is 50.2 Å². The summed E-state index contributed by atoms with van der Waals surface area (Å²) in [6.07, 6.45) is 0.873. The van der Waals surface area contributed by atoms with Crippen molar-refractivity contribution in [1.82, 2.24) is 0 Å². The summed E-state index contributed by atoms with van der Waals surface area (Å²) in [5.41, 5.74) is 9.72. The van der Waals surface area contributed by atoms with Crippen LogP contribution in [-0.2, 0) is 11.8 Å². The summed E-state index contributed by atoms with van der Waals surface area (Å²) < 4.78 is 5.49. The molecule has 0 spiro atoms. The topological polar surface area (TPSA) is 35.2 Å². The predicted octanol–water partition coefficient (Wildman–Crippen LogP) is 3.46. The Morgan fingerprint density at radius 1 is 1.10 bits per heavy atom. The van der Waals surface area contributed by atoms with Crippen molar-refractivity contribution in [2.75, 3.05) is 13.7 Å². The molecule has 1 unspecified atom stereocenters. The molecule has 2 nitrogen and oxygen atoms in total. The summed E-state index contributed by atoms with van der Waals surface area (Å²) in [5, 5.41) is 0. The van der Waals surface area contributed by atoms with Crippen LogP contribution in [0, 0.1) is 6.92 Å². The lowest BCUT2D eigenvalue weighted by Gasteiger charge is -2.29. The fraction of sp³-hybridized carbons (Fsp3) is 0.333. The van der Waals surface area contributed by atoms with Gasteiger partial charge in [0.25, 0.3) is 0 Å². The second-order valence-corrected chi connectivity index (χ2v) is 5.62. The van der Waals surface area contributed by atoms with Crippen LogP contribution < -0.4 is 10.5 Å². The van der Waals surface area contributed by atoms with Crippen LogP contribution in [0.3, 0.4) is 0 Å². The second kappa shape index (κ2) is 6.10. The van der Waals surface area contributed by atoms with Crippen molar-refractivity contribution < 1.29 is 4.74 Å². The Kier molecular flexibility index (Phi) is 4.46. The standard InChI is InChI=1S/C18H23NO/c1-14-9-10-17(20-3)15(11-14)12-18(2,13-19)16-7-5-4-6-8-16/h4-11H,12-13,19H2,1-3H3. The minimum Gasteiger partial charge on any atom is -0.496 e. The first kappa shape index (κ1) is 14.6. The monoisotopic (exact) mass is 269 g/mol. The van der Waals surface area contributed by atoms with Crippen LogP contribution in [0.5, 0.6) is 5.75 Å². The van der Waals surface area contributed by atoms with Crippen LogP contribution in [0.1, 0.15) is 23.6 Å². The van der Waals surface area contributed by atoms with E-state index in [1.165, 1.54) is 16.7 Å². The molecule has 2 rings (SSSR count). The van der Waals surface area contributed by atoms with Crippen molar-refractivity contribution >= 4 is 0 Å². The summed E-state index contributed by atoms with van der Waals surface area (Å²) in [7, 11) is 1.72. The van der Waals surface area contributed by atoms with Gasteiger partial charge in [-0.1, -0.05) is 55.0 Å². The molecule has 0 aliphatic rings. The molecule has 2 aromatic carbocycles. The van der Waals surface area contributed by atoms with Crippen LogP contribution >= 0.6 is 0 Å². The van der Waals surface area contributed by atoms with Crippen molar-refractivity contribution in [2.45, 2.75) is 25.7 Å². The predicted molar refractivity (Wildman–Crippen MR) is 84.3 cm³/mol. The average Bonchev–Trinajstić information content (AvgIpc) is 2.48. The molecule has 0 aliphatic carbocycles. The SMILES string of the molecule is COc1ccc(C)cc1CC(C)(CN)c1ccccc1. The Bertz CT molecular complexity index is 565. The maximum atomic E-state index is 6.08. The van der Waals surface area contributed by atoms with Gasteiger partial charge in [-0.25, -0.2) is 0 Å². The van der Waals surface area contributed by atoms with Gasteiger partial charge in [0.1, 0.15) is 5.75 Å². The molecule has 0 fully saturated rings. The fourth-order valence-electron chi connectivity index (χ4n) is 2.60. The minimum atomic E-state index is -0.0810. The third-order valence-corrected chi connectivity index (χ3v) is 3.94. The Morgan fingerprint density at radius 2 is 1.80 bits per heavy atom. The van der Waals surface area contributed by atoms with Gasteiger partial charge in [0.2, 0.25) is 0 Å². The van der Waals surface area contributed by atoms with E-state index in [4.69, 9.17) is 10.5 Å². The molecule has 0 amide bonds. The zero-order valence-corrected chi connectivity index (χ0v) is 12.5. The van der Waals surface area contributed by atoms with E-state index in [1.54, 1.807) is 7.11 Å². The molecule has 106 valence electrons. The number of benzene rings is 2. The first-order valence-corrected chi connectivity index (χ1v) is 6.98. The van der Waals surface area contributed by atoms with Gasteiger partial charge in [0.15, 0.2) is 0 Å². The first-order chi connectivity index (χ1) is 9.59. The molecule has 0 aliphatic heterocycles. The van der Waals surface area contributed by atoms with Crippen LogP contribution in [-0.4, -0.2) is 13.7 Å². The zero-order chi connectivity index (χ0) is 14.6. The van der Waals surface area contributed by atoms with Gasteiger partial charge in [0, 0.05) is 12.0 Å². The van der Waals surface area contributed by atoms with Gasteiger partial charge in [0.05, 0.1) is 7.11 Å². The number of ether oxygens (including phenoxy) is 1. The number of hydrogen-bond acceptors (Lipinski definition) is 2. The normalized spacial score (nSPS) is 13.8. The molecule has 2 heteroatoms. The highest BCUT2D eigenvalue weighted by Crippen LogP contribution is 2.31. The molecule has 0 bridgehead atoms. The molecule has 2 aromatic rings. The lowest BCUT2D eigenvalue weighted by molar-refractivity contribution is 0.399. The molecule has 2 N–H and O–H groups in total. The highest BCUT2D eigenvalue weighted by atomic mass is 16.5. The van der Waals surface area contributed by atoms with Crippen LogP contribution in [0.15, 0.2) is 48.5 Å². The van der Waals surface area contributed by atoms with Crippen molar-refractivity contribution in [3.8, 4) is 5.75 Å². The van der Waals surface area contributed by atoms with Crippen LogP contribution in [0.2, 0.25) is 0 Å². The molecule has 0 radical (unpaired) electrons. The molecular formula is C18H23NO. The van der Waals surface area contributed by atoms with E-state index in [9.17, 15) is 0 Å². The molecule has 0 saturated heterocycles. The molecule has 20 heavy (non-hydrogen) atoms. The maximum absolute atomic E-state index is 6.08. The van der Waals surface area contributed by atoms with Crippen molar-refractivity contribution in [3.05, 3.63) is 65.2 Å². The summed E-state index contributed by atoms with van der Waals surface area (Å²) in [6, 6.07) is 16.8. The number of aryl methyl sites for hydroxylation is 1. The molecule has 1 atom stereocenters. The quantitative estimate of drug-likeness (QED) is 0.902. The molecule has 0 saturated carbocycles. The molecular weight excluding hydrogens is 246 g/mol. The Labute approximate surface area is 121 Å². The summed E-state index contributed by atoms with van der Waals surface area (Å²) >= 11 is 0. The summed E-state index contributed by atoms with van der Waals surface area (Å²) in [4.78, 5) is 0. The van der Waals surface area contributed by atoms with Gasteiger partial charge < -0.3 is 10.5 Å². The average molecular weight is 269 g/mol. The second-order valence-electron chi connectivity index (χ2n) is 5.62.